The van der Waals surface area contributed by atoms with Crippen LogP contribution in [0.3, 0.4) is 0 Å². The maximum absolute atomic E-state index is 12.5. The van der Waals surface area contributed by atoms with E-state index < -0.39 is 17.4 Å². The summed E-state index contributed by atoms with van der Waals surface area (Å²) in [5.74, 6) is -1.11. The Labute approximate surface area is 147 Å². The minimum Gasteiger partial charge on any atom is -0.368 e. The summed E-state index contributed by atoms with van der Waals surface area (Å²) in [5, 5.41) is 8.54. The molecule has 1 aliphatic heterocycles. The molecule has 1 unspecified atom stereocenters. The number of rotatable bonds is 6. The minimum atomic E-state index is -0.611. The first-order valence-electron chi connectivity index (χ1n) is 7.70. The highest BCUT2D eigenvalue weighted by atomic mass is 35.5. The van der Waals surface area contributed by atoms with Gasteiger partial charge in [0, 0.05) is 11.3 Å². The molecule has 24 heavy (non-hydrogen) atoms. The molecular weight excluding hydrogens is 332 g/mol. The number of amides is 3. The van der Waals surface area contributed by atoms with Crippen molar-refractivity contribution in [2.45, 2.75) is 31.7 Å². The second-order valence-electron chi connectivity index (χ2n) is 5.65. The fourth-order valence-corrected chi connectivity index (χ4v) is 2.72. The number of carbonyl (C=O) groups excluding carboxylic acids is 3. The van der Waals surface area contributed by atoms with Gasteiger partial charge in [-0.25, -0.2) is 0 Å². The SMILES string of the molecule is CCC1(C(=O)Nc2cccc(C(=O)NCC(N)=O)c2)CCCN1.Cl. The lowest BCUT2D eigenvalue weighted by Crippen LogP contribution is -2.50. The van der Waals surface area contributed by atoms with E-state index in [2.05, 4.69) is 16.0 Å². The predicted octanol–water partition coefficient (Wildman–Crippen LogP) is 0.794. The number of nitrogens with two attached hydrogens (primary N) is 1. The van der Waals surface area contributed by atoms with Crippen LogP contribution in [-0.4, -0.2) is 36.3 Å². The van der Waals surface area contributed by atoms with Crippen molar-refractivity contribution in [3.05, 3.63) is 29.8 Å². The van der Waals surface area contributed by atoms with Gasteiger partial charge >= 0.3 is 0 Å². The molecule has 1 atom stereocenters. The number of hydrogen-bond acceptors (Lipinski definition) is 4. The highest BCUT2D eigenvalue weighted by Crippen LogP contribution is 2.25. The van der Waals surface area contributed by atoms with Crippen LogP contribution in [0.15, 0.2) is 24.3 Å². The van der Waals surface area contributed by atoms with E-state index in [0.29, 0.717) is 17.7 Å². The van der Waals surface area contributed by atoms with Crippen molar-refractivity contribution < 1.29 is 14.4 Å². The van der Waals surface area contributed by atoms with E-state index >= 15 is 0 Å². The highest BCUT2D eigenvalue weighted by Gasteiger charge is 2.39. The fourth-order valence-electron chi connectivity index (χ4n) is 2.72. The van der Waals surface area contributed by atoms with Crippen LogP contribution in [0, 0.1) is 0 Å². The van der Waals surface area contributed by atoms with Crippen molar-refractivity contribution in [1.82, 2.24) is 10.6 Å². The number of hydrogen-bond donors (Lipinski definition) is 4. The number of primary amides is 1. The van der Waals surface area contributed by atoms with Gasteiger partial charge in [0.1, 0.15) is 0 Å². The van der Waals surface area contributed by atoms with Crippen LogP contribution in [0.25, 0.3) is 0 Å². The molecule has 8 heteroatoms. The molecule has 1 saturated heterocycles. The average molecular weight is 355 g/mol. The molecule has 1 aliphatic rings. The van der Waals surface area contributed by atoms with Gasteiger partial charge in [0.25, 0.3) is 5.91 Å². The topological polar surface area (TPSA) is 113 Å². The van der Waals surface area contributed by atoms with Gasteiger partial charge in [0.2, 0.25) is 11.8 Å². The van der Waals surface area contributed by atoms with Crippen LogP contribution >= 0.6 is 12.4 Å². The molecule has 1 heterocycles. The molecule has 1 aromatic carbocycles. The van der Waals surface area contributed by atoms with Crippen molar-refractivity contribution >= 4 is 35.8 Å². The van der Waals surface area contributed by atoms with E-state index in [1.54, 1.807) is 24.3 Å². The summed E-state index contributed by atoms with van der Waals surface area (Å²) < 4.78 is 0. The lowest BCUT2D eigenvalue weighted by atomic mass is 9.93. The van der Waals surface area contributed by atoms with Gasteiger partial charge < -0.3 is 21.7 Å². The molecule has 0 aromatic heterocycles. The zero-order chi connectivity index (χ0) is 16.9. The van der Waals surface area contributed by atoms with Crippen LogP contribution in [0.1, 0.15) is 36.5 Å². The second-order valence-corrected chi connectivity index (χ2v) is 5.65. The summed E-state index contributed by atoms with van der Waals surface area (Å²) >= 11 is 0. The van der Waals surface area contributed by atoms with Crippen LogP contribution in [0.2, 0.25) is 0 Å². The van der Waals surface area contributed by atoms with E-state index in [0.717, 1.165) is 19.4 Å². The van der Waals surface area contributed by atoms with Crippen molar-refractivity contribution in [3.63, 3.8) is 0 Å². The number of nitrogens with one attached hydrogen (secondary N) is 3. The zero-order valence-corrected chi connectivity index (χ0v) is 14.4. The Morgan fingerprint density at radius 1 is 1.33 bits per heavy atom. The van der Waals surface area contributed by atoms with E-state index in [-0.39, 0.29) is 24.9 Å². The first-order chi connectivity index (χ1) is 11.0. The lowest BCUT2D eigenvalue weighted by Gasteiger charge is -2.26. The van der Waals surface area contributed by atoms with Gasteiger partial charge in [-0.2, -0.15) is 0 Å². The molecule has 0 aliphatic carbocycles. The summed E-state index contributed by atoms with van der Waals surface area (Å²) in [6.07, 6.45) is 2.47. The molecule has 0 bridgehead atoms. The normalized spacial score (nSPS) is 19.2. The Hall–Kier alpha value is -2.12. The van der Waals surface area contributed by atoms with Crippen LogP contribution in [-0.2, 0) is 9.59 Å². The second kappa shape index (κ2) is 8.65. The monoisotopic (exact) mass is 354 g/mol. The van der Waals surface area contributed by atoms with Gasteiger partial charge in [0.15, 0.2) is 0 Å². The largest absolute Gasteiger partial charge is 0.368 e. The van der Waals surface area contributed by atoms with Crippen molar-refractivity contribution in [3.8, 4) is 0 Å². The summed E-state index contributed by atoms with van der Waals surface area (Å²) in [6.45, 7) is 2.58. The third kappa shape index (κ3) is 4.69. The number of benzene rings is 1. The van der Waals surface area contributed by atoms with Crippen molar-refractivity contribution in [2.75, 3.05) is 18.4 Å². The summed E-state index contributed by atoms with van der Waals surface area (Å²) in [5.41, 5.74) is 5.36. The number of halogens is 1. The first kappa shape index (κ1) is 19.9. The first-order valence-corrected chi connectivity index (χ1v) is 7.70. The molecular formula is C16H23ClN4O3. The van der Waals surface area contributed by atoms with Gasteiger partial charge in [-0.3, -0.25) is 14.4 Å². The molecule has 7 nitrogen and oxygen atoms in total. The van der Waals surface area contributed by atoms with Crippen molar-refractivity contribution in [1.29, 1.82) is 0 Å². The van der Waals surface area contributed by atoms with Gasteiger partial charge in [-0.1, -0.05) is 13.0 Å². The lowest BCUT2D eigenvalue weighted by molar-refractivity contribution is -0.122. The number of anilines is 1. The summed E-state index contributed by atoms with van der Waals surface area (Å²) in [6, 6.07) is 6.58. The maximum atomic E-state index is 12.5. The van der Waals surface area contributed by atoms with E-state index in [1.807, 2.05) is 6.92 Å². The molecule has 2 rings (SSSR count). The Bertz CT molecular complexity index is 615. The Morgan fingerprint density at radius 2 is 2.08 bits per heavy atom. The minimum absolute atomic E-state index is 0. The molecule has 132 valence electrons. The van der Waals surface area contributed by atoms with E-state index in [1.165, 1.54) is 0 Å². The van der Waals surface area contributed by atoms with E-state index in [9.17, 15) is 14.4 Å². The average Bonchev–Trinajstić information content (AvgIpc) is 3.03. The zero-order valence-electron chi connectivity index (χ0n) is 13.6. The molecule has 0 radical (unpaired) electrons. The van der Waals surface area contributed by atoms with Crippen molar-refractivity contribution in [2.24, 2.45) is 5.73 Å². The highest BCUT2D eigenvalue weighted by molar-refractivity contribution is 6.01. The molecule has 5 N–H and O–H groups in total. The summed E-state index contributed by atoms with van der Waals surface area (Å²) in [7, 11) is 0. The molecule has 3 amide bonds. The molecule has 0 spiro atoms. The molecule has 0 saturated carbocycles. The standard InChI is InChI=1S/C16H22N4O3.ClH/c1-2-16(7-4-8-19-16)15(23)20-12-6-3-5-11(9-12)14(22)18-10-13(17)21;/h3,5-6,9,19H,2,4,7-8,10H2,1H3,(H2,17,21)(H,18,22)(H,20,23);1H. The van der Waals surface area contributed by atoms with Crippen LogP contribution in [0.4, 0.5) is 5.69 Å². The van der Waals surface area contributed by atoms with Crippen LogP contribution < -0.4 is 21.7 Å². The Kier molecular flexibility index (Phi) is 7.18. The van der Waals surface area contributed by atoms with Gasteiger partial charge in [0.05, 0.1) is 12.1 Å². The molecule has 1 fully saturated rings. The smallest absolute Gasteiger partial charge is 0.251 e. The Balaban J connectivity index is 0.00000288. The third-order valence-corrected chi connectivity index (χ3v) is 4.09. The maximum Gasteiger partial charge on any atom is 0.251 e. The fraction of sp³-hybridized carbons (Fsp3) is 0.438. The molecule has 1 aromatic rings. The quantitative estimate of drug-likeness (QED) is 0.605. The third-order valence-electron chi connectivity index (χ3n) is 4.09. The number of carbonyl (C=O) groups is 3. The van der Waals surface area contributed by atoms with E-state index in [4.69, 9.17) is 5.73 Å². The summed E-state index contributed by atoms with van der Waals surface area (Å²) in [4.78, 5) is 35.2. The van der Waals surface area contributed by atoms with Gasteiger partial charge in [-0.15, -0.1) is 12.4 Å². The van der Waals surface area contributed by atoms with Crippen LogP contribution in [0.5, 0.6) is 0 Å². The van der Waals surface area contributed by atoms with Gasteiger partial charge in [-0.05, 0) is 44.0 Å². The Morgan fingerprint density at radius 3 is 2.67 bits per heavy atom. The predicted molar refractivity (Wildman–Crippen MR) is 94.1 cm³/mol.